The van der Waals surface area contributed by atoms with Gasteiger partial charge < -0.3 is 28.4 Å². The molecule has 33 heavy (non-hydrogen) atoms. The topological polar surface area (TPSA) is 55.4 Å². The average molecular weight is 457 g/mol. The predicted molar refractivity (Wildman–Crippen MR) is 132 cm³/mol. The standard InChI is InChI=1S/C27H36O6/c1-4-5-14-30-15-9-16-31-24-13-8-12-23-25(24)27(33-20-18-29-3)22-11-7-6-10-21(22)26(23)32-19-17-28-2/h6-8,10-13H,4-5,9,14-20H2,1-3H3. The van der Waals surface area contributed by atoms with Gasteiger partial charge in [-0.2, -0.15) is 0 Å². The average Bonchev–Trinajstić information content (AvgIpc) is 2.84. The van der Waals surface area contributed by atoms with E-state index in [2.05, 4.69) is 19.1 Å². The number of ether oxygens (including phenoxy) is 6. The van der Waals surface area contributed by atoms with Crippen molar-refractivity contribution in [3.05, 3.63) is 42.5 Å². The molecule has 3 aromatic rings. The van der Waals surface area contributed by atoms with Gasteiger partial charge in [0.2, 0.25) is 0 Å². The molecule has 0 heterocycles. The summed E-state index contributed by atoms with van der Waals surface area (Å²) >= 11 is 0. The highest BCUT2D eigenvalue weighted by Crippen LogP contribution is 2.46. The molecule has 6 nitrogen and oxygen atoms in total. The smallest absolute Gasteiger partial charge is 0.139 e. The number of hydrogen-bond donors (Lipinski definition) is 0. The number of unbranched alkanes of at least 4 members (excludes halogenated alkanes) is 1. The van der Waals surface area contributed by atoms with Crippen LogP contribution in [-0.2, 0) is 14.2 Å². The zero-order valence-corrected chi connectivity index (χ0v) is 20.1. The van der Waals surface area contributed by atoms with Crippen LogP contribution in [0.1, 0.15) is 26.2 Å². The van der Waals surface area contributed by atoms with Crippen LogP contribution in [-0.4, -0.2) is 60.5 Å². The van der Waals surface area contributed by atoms with Gasteiger partial charge >= 0.3 is 0 Å². The molecule has 0 bridgehead atoms. The van der Waals surface area contributed by atoms with Crippen molar-refractivity contribution in [1.29, 1.82) is 0 Å². The number of methoxy groups -OCH3 is 2. The molecular formula is C27H36O6. The van der Waals surface area contributed by atoms with E-state index in [1.165, 1.54) is 0 Å². The van der Waals surface area contributed by atoms with Gasteiger partial charge in [0.15, 0.2) is 0 Å². The molecule has 0 aromatic heterocycles. The molecule has 3 aromatic carbocycles. The molecule has 0 saturated heterocycles. The molecule has 0 amide bonds. The zero-order chi connectivity index (χ0) is 23.3. The molecule has 180 valence electrons. The molecule has 0 radical (unpaired) electrons. The minimum Gasteiger partial charge on any atom is -0.493 e. The first-order valence-electron chi connectivity index (χ1n) is 11.7. The highest BCUT2D eigenvalue weighted by atomic mass is 16.5. The number of benzene rings is 3. The van der Waals surface area contributed by atoms with Crippen LogP contribution in [0.2, 0.25) is 0 Å². The molecule has 0 spiro atoms. The highest BCUT2D eigenvalue weighted by molar-refractivity contribution is 6.13. The van der Waals surface area contributed by atoms with E-state index in [9.17, 15) is 0 Å². The van der Waals surface area contributed by atoms with Crippen molar-refractivity contribution in [1.82, 2.24) is 0 Å². The SMILES string of the molecule is CCCCOCCCOc1cccc2c(OCCOC)c3ccccc3c(OCCOC)c12. The molecule has 6 heteroatoms. The van der Waals surface area contributed by atoms with Crippen molar-refractivity contribution in [2.24, 2.45) is 0 Å². The summed E-state index contributed by atoms with van der Waals surface area (Å²) in [4.78, 5) is 0. The van der Waals surface area contributed by atoms with E-state index in [0.717, 1.165) is 64.7 Å². The Bertz CT molecular complexity index is 987. The van der Waals surface area contributed by atoms with Crippen LogP contribution < -0.4 is 14.2 Å². The lowest BCUT2D eigenvalue weighted by molar-refractivity contribution is 0.117. The Morgan fingerprint density at radius 2 is 1.21 bits per heavy atom. The van der Waals surface area contributed by atoms with Crippen molar-refractivity contribution < 1.29 is 28.4 Å². The third-order valence-corrected chi connectivity index (χ3v) is 5.31. The first kappa shape index (κ1) is 25.1. The maximum atomic E-state index is 6.26. The second-order valence-corrected chi connectivity index (χ2v) is 7.73. The van der Waals surface area contributed by atoms with Crippen molar-refractivity contribution in [2.45, 2.75) is 26.2 Å². The van der Waals surface area contributed by atoms with Gasteiger partial charge in [-0.3, -0.25) is 0 Å². The Morgan fingerprint density at radius 3 is 1.91 bits per heavy atom. The van der Waals surface area contributed by atoms with Crippen LogP contribution >= 0.6 is 0 Å². The van der Waals surface area contributed by atoms with Gasteiger partial charge in [-0.05, 0) is 12.5 Å². The van der Waals surface area contributed by atoms with Crippen molar-refractivity contribution in [2.75, 3.05) is 60.5 Å². The molecule has 0 aliphatic rings. The first-order chi connectivity index (χ1) is 16.3. The van der Waals surface area contributed by atoms with Crippen molar-refractivity contribution >= 4 is 21.5 Å². The van der Waals surface area contributed by atoms with Crippen molar-refractivity contribution in [3.8, 4) is 17.2 Å². The van der Waals surface area contributed by atoms with E-state index in [1.807, 2.05) is 30.3 Å². The third-order valence-electron chi connectivity index (χ3n) is 5.31. The second kappa shape index (κ2) is 13.9. The maximum Gasteiger partial charge on any atom is 0.139 e. The highest BCUT2D eigenvalue weighted by Gasteiger charge is 2.19. The number of fused-ring (bicyclic) bond motifs is 2. The molecule has 0 aliphatic heterocycles. The van der Waals surface area contributed by atoms with E-state index in [1.54, 1.807) is 14.2 Å². The Hall–Kier alpha value is -2.54. The van der Waals surface area contributed by atoms with E-state index in [4.69, 9.17) is 28.4 Å². The number of rotatable bonds is 16. The van der Waals surface area contributed by atoms with Crippen LogP contribution in [0, 0.1) is 0 Å². The fourth-order valence-corrected chi connectivity index (χ4v) is 3.68. The van der Waals surface area contributed by atoms with Crippen LogP contribution in [0.5, 0.6) is 17.2 Å². The van der Waals surface area contributed by atoms with Crippen LogP contribution in [0.15, 0.2) is 42.5 Å². The van der Waals surface area contributed by atoms with Crippen LogP contribution in [0.3, 0.4) is 0 Å². The zero-order valence-electron chi connectivity index (χ0n) is 20.1. The van der Waals surface area contributed by atoms with Crippen molar-refractivity contribution in [3.63, 3.8) is 0 Å². The first-order valence-corrected chi connectivity index (χ1v) is 11.7. The maximum absolute atomic E-state index is 6.26. The molecule has 0 fully saturated rings. The lowest BCUT2D eigenvalue weighted by atomic mass is 9.99. The molecule has 3 rings (SSSR count). The van der Waals surface area contributed by atoms with E-state index in [-0.39, 0.29) is 0 Å². The monoisotopic (exact) mass is 456 g/mol. The van der Waals surface area contributed by atoms with Gasteiger partial charge in [0.1, 0.15) is 30.5 Å². The Labute approximate surface area is 196 Å². The normalized spacial score (nSPS) is 11.2. The number of hydrogen-bond acceptors (Lipinski definition) is 6. The minimum absolute atomic E-state index is 0.444. The second-order valence-electron chi connectivity index (χ2n) is 7.73. The molecule has 0 N–H and O–H groups in total. The van der Waals surface area contributed by atoms with Gasteiger partial charge in [0, 0.05) is 50.0 Å². The summed E-state index contributed by atoms with van der Waals surface area (Å²) in [6.45, 7) is 6.13. The van der Waals surface area contributed by atoms with Gasteiger partial charge in [-0.1, -0.05) is 49.7 Å². The summed E-state index contributed by atoms with van der Waals surface area (Å²) in [5, 5.41) is 3.84. The molecule has 0 atom stereocenters. The van der Waals surface area contributed by atoms with Gasteiger partial charge in [-0.25, -0.2) is 0 Å². The molecule has 0 saturated carbocycles. The van der Waals surface area contributed by atoms with Gasteiger partial charge in [0.25, 0.3) is 0 Å². The Balaban J connectivity index is 1.97. The Kier molecular flexibility index (Phi) is 10.6. The molecular weight excluding hydrogens is 420 g/mol. The predicted octanol–water partition coefficient (Wildman–Crippen LogP) is 5.63. The summed E-state index contributed by atoms with van der Waals surface area (Å²) in [5.41, 5.74) is 0. The summed E-state index contributed by atoms with van der Waals surface area (Å²) in [7, 11) is 3.34. The van der Waals surface area contributed by atoms with Crippen LogP contribution in [0.25, 0.3) is 21.5 Å². The largest absolute Gasteiger partial charge is 0.493 e. The van der Waals surface area contributed by atoms with Gasteiger partial charge in [0.05, 0.1) is 25.2 Å². The quantitative estimate of drug-likeness (QED) is 0.206. The van der Waals surface area contributed by atoms with E-state index in [0.29, 0.717) is 39.6 Å². The summed E-state index contributed by atoms with van der Waals surface area (Å²) in [5.74, 6) is 2.37. The fourth-order valence-electron chi connectivity index (χ4n) is 3.68. The minimum atomic E-state index is 0.444. The molecule has 0 aliphatic carbocycles. The lowest BCUT2D eigenvalue weighted by Gasteiger charge is -2.20. The fraction of sp³-hybridized carbons (Fsp3) is 0.481. The third kappa shape index (κ3) is 6.73. The summed E-state index contributed by atoms with van der Waals surface area (Å²) < 4.78 is 34.8. The summed E-state index contributed by atoms with van der Waals surface area (Å²) in [6.07, 6.45) is 3.05. The van der Waals surface area contributed by atoms with Gasteiger partial charge in [-0.15, -0.1) is 0 Å². The lowest BCUT2D eigenvalue weighted by Crippen LogP contribution is -2.08. The van der Waals surface area contributed by atoms with Crippen LogP contribution in [0.4, 0.5) is 0 Å². The Morgan fingerprint density at radius 1 is 0.576 bits per heavy atom. The van der Waals surface area contributed by atoms with E-state index < -0.39 is 0 Å². The molecule has 0 unspecified atom stereocenters. The van der Waals surface area contributed by atoms with E-state index >= 15 is 0 Å². The summed E-state index contributed by atoms with van der Waals surface area (Å²) in [6, 6.07) is 14.2.